The zero-order valence-electron chi connectivity index (χ0n) is 9.70. The number of rotatable bonds is 6. The molecule has 4 radical (unpaired) electrons. The summed E-state index contributed by atoms with van der Waals surface area (Å²) in [4.78, 5) is 55.4. The maximum absolute atomic E-state index is 9.24. The molecule has 0 heterocycles. The third-order valence-corrected chi connectivity index (χ3v) is 3.60. The summed E-state index contributed by atoms with van der Waals surface area (Å²) in [7, 11) is -19.4. The van der Waals surface area contributed by atoms with Gasteiger partial charge in [0.05, 0.1) is 0 Å². The van der Waals surface area contributed by atoms with Crippen molar-refractivity contribution in [1.29, 1.82) is 0 Å². The molecule has 124 valence electrons. The van der Waals surface area contributed by atoms with Gasteiger partial charge < -0.3 is 29.4 Å². The number of hydrogen-bond acceptors (Lipinski definition) is 15. The van der Waals surface area contributed by atoms with Gasteiger partial charge in [0.2, 0.25) is 0 Å². The maximum Gasteiger partial charge on any atom is 3.00 e. The van der Waals surface area contributed by atoms with Crippen LogP contribution in [0.5, 0.6) is 0 Å². The van der Waals surface area contributed by atoms with Crippen LogP contribution in [-0.4, -0.2) is 52.4 Å². The summed E-state index contributed by atoms with van der Waals surface area (Å²) in [5, 5.41) is 0. The Labute approximate surface area is 170 Å². The van der Waals surface area contributed by atoms with Crippen molar-refractivity contribution in [3.63, 3.8) is 0 Å². The van der Waals surface area contributed by atoms with E-state index in [0.717, 1.165) is 0 Å². The molecule has 0 rings (SSSR count). The second-order valence-electron chi connectivity index (χ2n) is 1.59. The minimum atomic E-state index is -3.24. The van der Waals surface area contributed by atoms with E-state index in [2.05, 4.69) is 12.9 Å². The molecule has 0 aliphatic rings. The predicted molar refractivity (Wildman–Crippen MR) is 60.4 cm³/mol. The van der Waals surface area contributed by atoms with Crippen LogP contribution in [0.1, 0.15) is 0 Å². The molecule has 0 saturated heterocycles. The summed E-state index contributed by atoms with van der Waals surface area (Å²) >= 11 is 0. The molecule has 0 aromatic carbocycles. The molecular formula is Bi2O15P6+6. The van der Waals surface area contributed by atoms with Crippen molar-refractivity contribution in [3.8, 4) is 0 Å². The maximum atomic E-state index is 9.24. The molecule has 0 aromatic rings. The summed E-state index contributed by atoms with van der Waals surface area (Å²) < 4.78 is 64.9. The molecule has 15 nitrogen and oxygen atoms in total. The van der Waals surface area contributed by atoms with Crippen molar-refractivity contribution < 1.29 is 69.7 Å². The molecule has 0 N–H and O–H groups in total. The molecule has 0 fully saturated rings. The van der Waals surface area contributed by atoms with Gasteiger partial charge in [-0.3, -0.25) is 0 Å². The first-order chi connectivity index (χ1) is 9.38. The summed E-state index contributed by atoms with van der Waals surface area (Å²) in [6, 6.07) is 0. The Morgan fingerprint density at radius 1 is 0.391 bits per heavy atom. The van der Waals surface area contributed by atoms with Crippen LogP contribution >= 0.6 is 49.5 Å². The summed E-state index contributed by atoms with van der Waals surface area (Å²) in [6.07, 6.45) is 0. The monoisotopic (exact) mass is 844 g/mol. The first kappa shape index (κ1) is 36.0. The van der Waals surface area contributed by atoms with E-state index in [9.17, 15) is 56.8 Å². The van der Waals surface area contributed by atoms with Gasteiger partial charge in [0.25, 0.3) is 0 Å². The molecule has 6 unspecified atom stereocenters. The van der Waals surface area contributed by atoms with Crippen LogP contribution in [0.4, 0.5) is 0 Å². The third kappa shape index (κ3) is 59.3. The Bertz CT molecular complexity index is 318. The second kappa shape index (κ2) is 24.0. The second-order valence-corrected chi connectivity index (χ2v) is 6.23. The molecule has 0 amide bonds. The molecule has 23 heavy (non-hydrogen) atoms. The first-order valence-corrected chi connectivity index (χ1v) is 9.86. The zero-order valence-corrected chi connectivity index (χ0v) is 22.0. The van der Waals surface area contributed by atoms with Gasteiger partial charge in [-0.2, -0.15) is 0 Å². The van der Waals surface area contributed by atoms with Crippen LogP contribution in [-0.2, 0) is 40.3 Å². The SMILES string of the molecule is O=[P+]([O-])O[P+](=O)[O-].O=[P+]([O-])O[P+](=O)[O-].O=[P+]([O-])O[P+](=O)[O-].[Bi+3].[Bi+3]. The van der Waals surface area contributed by atoms with Gasteiger partial charge in [0.15, 0.2) is 0 Å². The smallest absolute Gasteiger partial charge is 0.563 e. The Balaban J connectivity index is -0.0000000675. The molecule has 23 heteroatoms. The molecule has 0 aromatic heterocycles. The molecule has 0 aliphatic heterocycles. The van der Waals surface area contributed by atoms with Gasteiger partial charge in [-0.1, -0.05) is 0 Å². The average Bonchev–Trinajstić information content (AvgIpc) is 2.10. The summed E-state index contributed by atoms with van der Waals surface area (Å²) in [6.45, 7) is 0. The fraction of sp³-hybridized carbons (Fsp3) is 0. The molecule has 6 atom stereocenters. The Kier molecular flexibility index (Phi) is 37.6. The van der Waals surface area contributed by atoms with E-state index in [0.29, 0.717) is 0 Å². The van der Waals surface area contributed by atoms with Crippen LogP contribution in [0.2, 0.25) is 0 Å². The van der Waals surface area contributed by atoms with Crippen LogP contribution < -0.4 is 29.4 Å². The van der Waals surface area contributed by atoms with Gasteiger partial charge in [-0.05, 0) is 27.4 Å². The molecule has 0 bridgehead atoms. The Hall–Kier alpha value is 2.01. The van der Waals surface area contributed by atoms with Crippen LogP contribution in [0.25, 0.3) is 0 Å². The van der Waals surface area contributed by atoms with Crippen LogP contribution in [0.3, 0.4) is 0 Å². The molecule has 0 spiro atoms. The minimum absolute atomic E-state index is 0. The van der Waals surface area contributed by atoms with Crippen molar-refractivity contribution in [2.75, 3.05) is 0 Å². The van der Waals surface area contributed by atoms with Crippen LogP contribution in [0, 0.1) is 0 Å². The average molecular weight is 844 g/mol. The van der Waals surface area contributed by atoms with Crippen molar-refractivity contribution in [1.82, 2.24) is 0 Å². The molecule has 0 aliphatic carbocycles. The van der Waals surface area contributed by atoms with E-state index in [1.165, 1.54) is 0 Å². The molecule has 0 saturated carbocycles. The van der Waals surface area contributed by atoms with E-state index < -0.39 is 49.5 Å². The fourth-order valence-corrected chi connectivity index (χ4v) is 1.47. The fourth-order valence-electron chi connectivity index (χ4n) is 0.163. The molecular weight excluding hydrogens is 844 g/mol. The van der Waals surface area contributed by atoms with Gasteiger partial charge in [-0.25, -0.2) is 0 Å². The van der Waals surface area contributed by atoms with Gasteiger partial charge >= 0.3 is 102 Å². The van der Waals surface area contributed by atoms with E-state index in [-0.39, 0.29) is 52.4 Å². The topological polar surface area (TPSA) is 268 Å². The van der Waals surface area contributed by atoms with Gasteiger partial charge in [0, 0.05) is 0 Å². The van der Waals surface area contributed by atoms with E-state index in [1.54, 1.807) is 0 Å². The standard InChI is InChI=1S/2Bi.3O5P2/c;;3*1-6(2)5-7(3)4/q2*+3;;;. The van der Waals surface area contributed by atoms with Crippen molar-refractivity contribution in [2.45, 2.75) is 0 Å². The predicted octanol–water partition coefficient (Wildman–Crippen LogP) is -3.65. The minimum Gasteiger partial charge on any atom is -0.563 e. The van der Waals surface area contributed by atoms with E-state index in [4.69, 9.17) is 0 Å². The third-order valence-electron chi connectivity index (χ3n) is 0.400. The Morgan fingerprint density at radius 3 is 0.478 bits per heavy atom. The summed E-state index contributed by atoms with van der Waals surface area (Å²) in [5.74, 6) is 0. The van der Waals surface area contributed by atoms with E-state index in [1.807, 2.05) is 0 Å². The largest absolute Gasteiger partial charge is 3.00 e. The van der Waals surface area contributed by atoms with Gasteiger partial charge in [0.1, 0.15) is 12.9 Å². The van der Waals surface area contributed by atoms with Gasteiger partial charge in [-0.15, -0.1) is 0 Å². The quantitative estimate of drug-likeness (QED) is 0.184. The summed E-state index contributed by atoms with van der Waals surface area (Å²) in [5.41, 5.74) is 0. The first-order valence-electron chi connectivity index (χ1n) is 3.29. The van der Waals surface area contributed by atoms with Crippen LogP contribution in [0.15, 0.2) is 0 Å². The zero-order chi connectivity index (χ0) is 17.6. The van der Waals surface area contributed by atoms with Crippen molar-refractivity contribution in [2.24, 2.45) is 0 Å². The van der Waals surface area contributed by atoms with E-state index >= 15 is 0 Å². The Morgan fingerprint density at radius 2 is 0.478 bits per heavy atom. The normalized spacial score (nSPS) is 12.3. The van der Waals surface area contributed by atoms with Crippen molar-refractivity contribution in [3.05, 3.63) is 0 Å². The number of hydrogen-bond donors (Lipinski definition) is 0. The van der Waals surface area contributed by atoms with Crippen molar-refractivity contribution >= 4 is 102 Å².